The molecule has 0 aliphatic carbocycles. The second-order valence-corrected chi connectivity index (χ2v) is 8.77. The van der Waals surface area contributed by atoms with Crippen molar-refractivity contribution >= 4 is 15.9 Å². The van der Waals surface area contributed by atoms with Crippen LogP contribution >= 0.6 is 0 Å². The fraction of sp³-hybridized carbons (Fsp3) is 0.706. The Morgan fingerprint density at radius 2 is 1.42 bits per heavy atom. The van der Waals surface area contributed by atoms with E-state index in [1.165, 1.54) is 0 Å². The lowest BCUT2D eigenvalue weighted by Gasteiger charge is -2.22. The maximum Gasteiger partial charge on any atom is 0.257 e. The minimum absolute atomic E-state index is 0.150. The minimum Gasteiger partial charge on any atom is -0.361 e. The number of rotatable bonds is 3. The molecule has 3 heterocycles. The predicted molar refractivity (Wildman–Crippen MR) is 92.6 cm³/mol. The lowest BCUT2D eigenvalue weighted by atomic mass is 10.2. The number of carbonyl (C=O) groups is 1. The molecule has 0 spiro atoms. The Kier molecular flexibility index (Phi) is 5.01. The number of aromatic nitrogens is 1. The van der Waals surface area contributed by atoms with Crippen molar-refractivity contribution in [3.05, 3.63) is 17.0 Å². The second-order valence-electron chi connectivity index (χ2n) is 6.90. The number of aromatic amines is 1. The number of carbonyl (C=O) groups excluding carboxylic acids is 1. The molecule has 1 aromatic rings. The summed E-state index contributed by atoms with van der Waals surface area (Å²) in [4.78, 5) is 18.0. The smallest absolute Gasteiger partial charge is 0.257 e. The molecule has 6 nitrogen and oxygen atoms in total. The molecule has 2 saturated heterocycles. The van der Waals surface area contributed by atoms with Gasteiger partial charge < -0.3 is 9.88 Å². The third-order valence-electron chi connectivity index (χ3n) is 5.09. The molecule has 1 aromatic heterocycles. The molecule has 0 aromatic carbocycles. The Labute approximate surface area is 144 Å². The van der Waals surface area contributed by atoms with E-state index in [4.69, 9.17) is 0 Å². The van der Waals surface area contributed by atoms with Crippen molar-refractivity contribution in [1.82, 2.24) is 14.2 Å². The standard InChI is InChI=1S/C17H27N3O3S/c1-13-15(17(21)19-9-7-8-10-19)16(14(2)18-13)24(22,23)20-11-5-3-4-6-12-20/h18H,3-12H2,1-2H3. The summed E-state index contributed by atoms with van der Waals surface area (Å²) < 4.78 is 28.1. The molecular formula is C17H27N3O3S. The number of nitrogens with one attached hydrogen (secondary N) is 1. The number of likely N-dealkylation sites (tertiary alicyclic amines) is 1. The van der Waals surface area contributed by atoms with Crippen LogP contribution in [0, 0.1) is 13.8 Å². The van der Waals surface area contributed by atoms with E-state index in [1.807, 2.05) is 0 Å². The van der Waals surface area contributed by atoms with E-state index < -0.39 is 10.0 Å². The zero-order chi connectivity index (χ0) is 17.3. The van der Waals surface area contributed by atoms with Gasteiger partial charge in [-0.3, -0.25) is 4.79 Å². The van der Waals surface area contributed by atoms with Crippen LogP contribution in [0.15, 0.2) is 4.90 Å². The third kappa shape index (κ3) is 3.11. The zero-order valence-electron chi connectivity index (χ0n) is 14.6. The molecule has 1 N–H and O–H groups in total. The lowest BCUT2D eigenvalue weighted by molar-refractivity contribution is 0.0788. The average molecular weight is 353 g/mol. The van der Waals surface area contributed by atoms with Crippen LogP contribution in [0.3, 0.4) is 0 Å². The molecule has 24 heavy (non-hydrogen) atoms. The molecule has 2 aliphatic heterocycles. The summed E-state index contributed by atoms with van der Waals surface area (Å²) in [7, 11) is -3.65. The van der Waals surface area contributed by atoms with Gasteiger partial charge in [0, 0.05) is 37.6 Å². The molecule has 134 valence electrons. The largest absolute Gasteiger partial charge is 0.361 e. The maximum absolute atomic E-state index is 13.2. The number of hydrogen-bond donors (Lipinski definition) is 1. The van der Waals surface area contributed by atoms with Crippen molar-refractivity contribution in [3.8, 4) is 0 Å². The fourth-order valence-electron chi connectivity index (χ4n) is 3.83. The van der Waals surface area contributed by atoms with Gasteiger partial charge in [-0.1, -0.05) is 12.8 Å². The van der Waals surface area contributed by atoms with Gasteiger partial charge in [0.25, 0.3) is 5.91 Å². The normalized spacial score (nSPS) is 20.3. The third-order valence-corrected chi connectivity index (χ3v) is 7.16. The quantitative estimate of drug-likeness (QED) is 0.907. The van der Waals surface area contributed by atoms with Crippen LogP contribution in [0.5, 0.6) is 0 Å². The monoisotopic (exact) mass is 353 g/mol. The zero-order valence-corrected chi connectivity index (χ0v) is 15.4. The molecule has 1 amide bonds. The molecule has 0 atom stereocenters. The van der Waals surface area contributed by atoms with Crippen LogP contribution in [0.2, 0.25) is 0 Å². The Morgan fingerprint density at radius 3 is 2.00 bits per heavy atom. The van der Waals surface area contributed by atoms with Crippen molar-refractivity contribution in [2.45, 2.75) is 57.3 Å². The van der Waals surface area contributed by atoms with Crippen LogP contribution in [-0.2, 0) is 10.0 Å². The highest BCUT2D eigenvalue weighted by Gasteiger charge is 2.35. The predicted octanol–water partition coefficient (Wildman–Crippen LogP) is 2.43. The van der Waals surface area contributed by atoms with Crippen LogP contribution in [0.25, 0.3) is 0 Å². The average Bonchev–Trinajstić information content (AvgIpc) is 3.06. The van der Waals surface area contributed by atoms with Gasteiger partial charge >= 0.3 is 0 Å². The molecule has 2 fully saturated rings. The van der Waals surface area contributed by atoms with Gasteiger partial charge in [-0.2, -0.15) is 4.31 Å². The van der Waals surface area contributed by atoms with E-state index in [0.29, 0.717) is 43.1 Å². The van der Waals surface area contributed by atoms with Crippen molar-refractivity contribution < 1.29 is 13.2 Å². The van der Waals surface area contributed by atoms with Crippen LogP contribution < -0.4 is 0 Å². The van der Waals surface area contributed by atoms with Crippen LogP contribution in [0.4, 0.5) is 0 Å². The summed E-state index contributed by atoms with van der Waals surface area (Å²) >= 11 is 0. The summed E-state index contributed by atoms with van der Waals surface area (Å²) in [5.74, 6) is -0.150. The van der Waals surface area contributed by atoms with Gasteiger partial charge in [-0.05, 0) is 39.5 Å². The molecule has 0 radical (unpaired) electrons. The lowest BCUT2D eigenvalue weighted by Crippen LogP contribution is -2.35. The summed E-state index contributed by atoms with van der Waals surface area (Å²) in [6.45, 7) is 6.06. The number of aryl methyl sites for hydroxylation is 2. The van der Waals surface area contributed by atoms with Crippen molar-refractivity contribution in [1.29, 1.82) is 0 Å². The Bertz CT molecular complexity index is 710. The first-order chi connectivity index (χ1) is 11.4. The molecule has 0 unspecified atom stereocenters. The molecule has 7 heteroatoms. The summed E-state index contributed by atoms with van der Waals surface area (Å²) in [5.41, 5.74) is 1.57. The van der Waals surface area contributed by atoms with E-state index in [9.17, 15) is 13.2 Å². The van der Waals surface area contributed by atoms with E-state index in [0.717, 1.165) is 38.5 Å². The van der Waals surface area contributed by atoms with Gasteiger partial charge in [0.15, 0.2) is 0 Å². The fourth-order valence-corrected chi connectivity index (χ4v) is 5.76. The topological polar surface area (TPSA) is 73.5 Å². The summed E-state index contributed by atoms with van der Waals surface area (Å²) in [5, 5.41) is 0. The van der Waals surface area contributed by atoms with E-state index in [-0.39, 0.29) is 10.8 Å². The first-order valence-corrected chi connectivity index (χ1v) is 10.4. The first-order valence-electron chi connectivity index (χ1n) is 8.91. The Morgan fingerprint density at radius 1 is 0.875 bits per heavy atom. The van der Waals surface area contributed by atoms with Crippen LogP contribution in [0.1, 0.15) is 60.3 Å². The number of amides is 1. The van der Waals surface area contributed by atoms with Gasteiger partial charge in [0.05, 0.1) is 5.56 Å². The van der Waals surface area contributed by atoms with Crippen molar-refractivity contribution in [3.63, 3.8) is 0 Å². The van der Waals surface area contributed by atoms with E-state index >= 15 is 0 Å². The van der Waals surface area contributed by atoms with Gasteiger partial charge in [0.2, 0.25) is 10.0 Å². The number of hydrogen-bond acceptors (Lipinski definition) is 3. The highest BCUT2D eigenvalue weighted by atomic mass is 32.2. The number of sulfonamides is 1. The van der Waals surface area contributed by atoms with Crippen LogP contribution in [-0.4, -0.2) is 54.7 Å². The highest BCUT2D eigenvalue weighted by molar-refractivity contribution is 7.89. The van der Waals surface area contributed by atoms with E-state index in [1.54, 1.807) is 23.1 Å². The highest BCUT2D eigenvalue weighted by Crippen LogP contribution is 2.30. The number of nitrogens with zero attached hydrogens (tertiary/aromatic N) is 2. The second kappa shape index (κ2) is 6.88. The maximum atomic E-state index is 13.2. The molecule has 2 aliphatic rings. The van der Waals surface area contributed by atoms with Crippen molar-refractivity contribution in [2.75, 3.05) is 26.2 Å². The summed E-state index contributed by atoms with van der Waals surface area (Å²) in [6, 6.07) is 0. The molecule has 0 saturated carbocycles. The van der Waals surface area contributed by atoms with Gasteiger partial charge in [-0.15, -0.1) is 0 Å². The van der Waals surface area contributed by atoms with Gasteiger partial charge in [-0.25, -0.2) is 8.42 Å². The SMILES string of the molecule is Cc1[nH]c(C)c(S(=O)(=O)N2CCCCCC2)c1C(=O)N1CCCC1. The van der Waals surface area contributed by atoms with Crippen molar-refractivity contribution in [2.24, 2.45) is 0 Å². The molecule has 0 bridgehead atoms. The minimum atomic E-state index is -3.65. The van der Waals surface area contributed by atoms with Gasteiger partial charge in [0.1, 0.15) is 4.90 Å². The molecule has 3 rings (SSSR count). The summed E-state index contributed by atoms with van der Waals surface area (Å²) in [6.07, 6.45) is 5.88. The Balaban J connectivity index is 2.01. The molecular weight excluding hydrogens is 326 g/mol. The Hall–Kier alpha value is -1.34. The van der Waals surface area contributed by atoms with E-state index in [2.05, 4.69) is 4.98 Å². The first kappa shape index (κ1) is 17.5. The number of H-pyrrole nitrogens is 1.